The molecule has 0 bridgehead atoms. The molecular formula is C15H30N2. The molecule has 1 N–H and O–H groups in total. The molecule has 1 saturated heterocycles. The van der Waals surface area contributed by atoms with Crippen molar-refractivity contribution < 1.29 is 0 Å². The van der Waals surface area contributed by atoms with Crippen LogP contribution in [0.4, 0.5) is 0 Å². The van der Waals surface area contributed by atoms with Gasteiger partial charge in [0.25, 0.3) is 0 Å². The molecule has 1 unspecified atom stereocenters. The lowest BCUT2D eigenvalue weighted by molar-refractivity contribution is 0.141. The Hall–Kier alpha value is -0.0800. The van der Waals surface area contributed by atoms with Crippen LogP contribution in [0.5, 0.6) is 0 Å². The number of nitrogens with one attached hydrogen (secondary N) is 1. The predicted molar refractivity (Wildman–Crippen MR) is 74.3 cm³/mol. The van der Waals surface area contributed by atoms with E-state index in [1.54, 1.807) is 0 Å². The molecule has 1 aliphatic heterocycles. The van der Waals surface area contributed by atoms with E-state index in [9.17, 15) is 0 Å². The minimum absolute atomic E-state index is 0.389. The van der Waals surface area contributed by atoms with Crippen molar-refractivity contribution >= 4 is 0 Å². The van der Waals surface area contributed by atoms with Crippen LogP contribution in [0.25, 0.3) is 0 Å². The maximum Gasteiger partial charge on any atom is 0.0308 e. The van der Waals surface area contributed by atoms with Gasteiger partial charge < -0.3 is 10.2 Å². The minimum Gasteiger partial charge on any atom is -0.310 e. The summed E-state index contributed by atoms with van der Waals surface area (Å²) < 4.78 is 0. The predicted octanol–water partition coefficient (Wildman–Crippen LogP) is 2.89. The van der Waals surface area contributed by atoms with E-state index in [-0.39, 0.29) is 0 Å². The quantitative estimate of drug-likeness (QED) is 0.810. The van der Waals surface area contributed by atoms with E-state index in [0.717, 1.165) is 5.92 Å². The molecule has 100 valence electrons. The van der Waals surface area contributed by atoms with E-state index < -0.39 is 0 Å². The van der Waals surface area contributed by atoms with Gasteiger partial charge in [-0.15, -0.1) is 0 Å². The molecule has 1 aliphatic carbocycles. The average molecular weight is 238 g/mol. The highest BCUT2D eigenvalue weighted by Crippen LogP contribution is 2.40. The Balaban J connectivity index is 1.97. The molecule has 2 rings (SSSR count). The van der Waals surface area contributed by atoms with Crippen LogP contribution in [-0.2, 0) is 0 Å². The Morgan fingerprint density at radius 3 is 2.65 bits per heavy atom. The summed E-state index contributed by atoms with van der Waals surface area (Å²) >= 11 is 0. The van der Waals surface area contributed by atoms with Crippen molar-refractivity contribution in [2.75, 3.05) is 26.2 Å². The molecule has 0 amide bonds. The van der Waals surface area contributed by atoms with Crippen LogP contribution in [0.3, 0.4) is 0 Å². The Labute approximate surface area is 107 Å². The van der Waals surface area contributed by atoms with Gasteiger partial charge in [-0.05, 0) is 57.0 Å². The number of hydrogen-bond acceptors (Lipinski definition) is 2. The summed E-state index contributed by atoms with van der Waals surface area (Å²) in [6.45, 7) is 14.6. The molecular weight excluding hydrogens is 208 g/mol. The first-order valence-corrected chi connectivity index (χ1v) is 7.43. The summed E-state index contributed by atoms with van der Waals surface area (Å²) in [6, 6.07) is 0. The van der Waals surface area contributed by atoms with E-state index in [2.05, 4.69) is 37.9 Å². The molecule has 0 radical (unpaired) electrons. The van der Waals surface area contributed by atoms with Crippen LogP contribution in [0.1, 0.15) is 53.4 Å². The molecule has 0 spiro atoms. The zero-order valence-corrected chi connectivity index (χ0v) is 12.2. The topological polar surface area (TPSA) is 15.3 Å². The maximum atomic E-state index is 3.81. The second-order valence-electron chi connectivity index (χ2n) is 7.20. The van der Waals surface area contributed by atoms with Crippen LogP contribution in [-0.4, -0.2) is 36.6 Å². The molecule has 2 heteroatoms. The highest BCUT2D eigenvalue weighted by atomic mass is 15.2. The van der Waals surface area contributed by atoms with Gasteiger partial charge in [0.1, 0.15) is 0 Å². The van der Waals surface area contributed by atoms with Gasteiger partial charge in [-0.2, -0.15) is 0 Å². The van der Waals surface area contributed by atoms with E-state index >= 15 is 0 Å². The van der Waals surface area contributed by atoms with Crippen molar-refractivity contribution in [2.45, 2.75) is 58.9 Å². The second-order valence-corrected chi connectivity index (χ2v) is 7.20. The first-order chi connectivity index (χ1) is 7.95. The number of rotatable bonds is 4. The molecule has 17 heavy (non-hydrogen) atoms. The molecule has 0 aromatic carbocycles. The van der Waals surface area contributed by atoms with Gasteiger partial charge in [-0.3, -0.25) is 0 Å². The highest BCUT2D eigenvalue weighted by molar-refractivity contribution is 5.01. The third kappa shape index (κ3) is 3.45. The normalized spacial score (nSPS) is 32.5. The van der Waals surface area contributed by atoms with Gasteiger partial charge in [0.05, 0.1) is 0 Å². The summed E-state index contributed by atoms with van der Waals surface area (Å²) in [5.74, 6) is 0.938. The second kappa shape index (κ2) is 4.89. The van der Waals surface area contributed by atoms with Crippen LogP contribution in [0, 0.1) is 11.3 Å². The van der Waals surface area contributed by atoms with Gasteiger partial charge in [-0.1, -0.05) is 20.8 Å². The smallest absolute Gasteiger partial charge is 0.0308 e. The van der Waals surface area contributed by atoms with Crippen molar-refractivity contribution in [3.63, 3.8) is 0 Å². The van der Waals surface area contributed by atoms with Gasteiger partial charge in [0, 0.05) is 18.6 Å². The van der Waals surface area contributed by atoms with E-state index in [1.165, 1.54) is 51.9 Å². The fourth-order valence-electron chi connectivity index (χ4n) is 3.12. The van der Waals surface area contributed by atoms with Gasteiger partial charge >= 0.3 is 0 Å². The Morgan fingerprint density at radius 2 is 2.06 bits per heavy atom. The van der Waals surface area contributed by atoms with Crippen molar-refractivity contribution in [2.24, 2.45) is 11.3 Å². The lowest BCUT2D eigenvalue weighted by Crippen LogP contribution is -2.52. The van der Waals surface area contributed by atoms with Crippen molar-refractivity contribution in [3.8, 4) is 0 Å². The Bertz CT molecular complexity index is 258. The van der Waals surface area contributed by atoms with Gasteiger partial charge in [0.15, 0.2) is 0 Å². The number of hydrogen-bond donors (Lipinski definition) is 1. The minimum atomic E-state index is 0.389. The molecule has 2 aliphatic rings. The van der Waals surface area contributed by atoms with E-state index in [0.29, 0.717) is 11.0 Å². The summed E-state index contributed by atoms with van der Waals surface area (Å²) in [5, 5.41) is 3.81. The third-order valence-electron chi connectivity index (χ3n) is 4.82. The van der Waals surface area contributed by atoms with Crippen LogP contribution >= 0.6 is 0 Å². The molecule has 1 atom stereocenters. The molecule has 1 saturated carbocycles. The van der Waals surface area contributed by atoms with Crippen LogP contribution in [0.2, 0.25) is 0 Å². The Morgan fingerprint density at radius 1 is 1.35 bits per heavy atom. The third-order valence-corrected chi connectivity index (χ3v) is 4.82. The lowest BCUT2D eigenvalue weighted by atomic mass is 9.88. The molecule has 0 aromatic rings. The zero-order chi connectivity index (χ0) is 12.5. The van der Waals surface area contributed by atoms with E-state index in [1.807, 2.05) is 0 Å². The standard InChI is InChI=1S/C15H30N2/c1-5-14(2,3)11-17-10-6-9-16-15(4,12-17)13-7-8-13/h13,16H,5-12H2,1-4H3. The SMILES string of the molecule is CCC(C)(C)CN1CCCNC(C)(C2CC2)C1. The summed E-state index contributed by atoms with van der Waals surface area (Å²) in [5.41, 5.74) is 0.856. The van der Waals surface area contributed by atoms with E-state index in [4.69, 9.17) is 0 Å². The lowest BCUT2D eigenvalue weighted by Gasteiger charge is -2.37. The molecule has 2 nitrogen and oxygen atoms in total. The first kappa shape index (κ1) is 13.4. The van der Waals surface area contributed by atoms with Crippen LogP contribution in [0.15, 0.2) is 0 Å². The monoisotopic (exact) mass is 238 g/mol. The van der Waals surface area contributed by atoms with Crippen molar-refractivity contribution in [1.82, 2.24) is 10.2 Å². The van der Waals surface area contributed by atoms with Crippen molar-refractivity contribution in [1.29, 1.82) is 0 Å². The van der Waals surface area contributed by atoms with Crippen LogP contribution < -0.4 is 5.32 Å². The largest absolute Gasteiger partial charge is 0.310 e. The summed E-state index contributed by atoms with van der Waals surface area (Å²) in [6.07, 6.45) is 5.46. The highest BCUT2D eigenvalue weighted by Gasteiger charge is 2.43. The van der Waals surface area contributed by atoms with Gasteiger partial charge in [0.2, 0.25) is 0 Å². The molecule has 0 aromatic heterocycles. The summed E-state index contributed by atoms with van der Waals surface area (Å²) in [4.78, 5) is 2.71. The fraction of sp³-hybridized carbons (Fsp3) is 1.00. The Kier molecular flexibility index (Phi) is 3.84. The maximum absolute atomic E-state index is 3.81. The first-order valence-electron chi connectivity index (χ1n) is 7.43. The average Bonchev–Trinajstić information content (AvgIpc) is 3.05. The summed E-state index contributed by atoms with van der Waals surface area (Å²) in [7, 11) is 0. The molecule has 1 heterocycles. The zero-order valence-electron chi connectivity index (χ0n) is 12.2. The van der Waals surface area contributed by atoms with Crippen molar-refractivity contribution in [3.05, 3.63) is 0 Å². The number of nitrogens with zero attached hydrogens (tertiary/aromatic N) is 1. The molecule has 2 fully saturated rings. The fourth-order valence-corrected chi connectivity index (χ4v) is 3.12. The van der Waals surface area contributed by atoms with Gasteiger partial charge in [-0.25, -0.2) is 0 Å².